The second kappa shape index (κ2) is 10.8. The highest BCUT2D eigenvalue weighted by atomic mass is 35.5. The molecule has 1 heterocycles. The summed E-state index contributed by atoms with van der Waals surface area (Å²) in [7, 11) is 3.15. The fourth-order valence-electron chi connectivity index (χ4n) is 3.93. The Morgan fingerprint density at radius 2 is 1.59 bits per heavy atom. The molecule has 1 fully saturated rings. The van der Waals surface area contributed by atoms with Crippen LogP contribution in [-0.2, 0) is 11.8 Å². The van der Waals surface area contributed by atoms with Crippen molar-refractivity contribution in [3.63, 3.8) is 0 Å². The molecule has 0 bridgehead atoms. The van der Waals surface area contributed by atoms with E-state index in [2.05, 4.69) is 11.8 Å². The molecular weight excluding hydrogens is 443 g/mol. The van der Waals surface area contributed by atoms with Gasteiger partial charge in [0.25, 0.3) is 0 Å². The Hall–Kier alpha value is -1.96. The zero-order chi connectivity index (χ0) is 24.1. The Kier molecular flexibility index (Phi) is 8.85. The number of rotatable bonds is 5. The van der Waals surface area contributed by atoms with Gasteiger partial charge in [-0.2, -0.15) is 13.2 Å². The van der Waals surface area contributed by atoms with E-state index in [4.69, 9.17) is 21.1 Å². The van der Waals surface area contributed by atoms with Gasteiger partial charge in [0.1, 0.15) is 0 Å². The van der Waals surface area contributed by atoms with Crippen LogP contribution in [0.1, 0.15) is 56.3 Å². The van der Waals surface area contributed by atoms with Gasteiger partial charge >= 0.3 is 6.18 Å². The fourth-order valence-corrected chi connectivity index (χ4v) is 4.15. The standard InChI is InChI=1S/C22H25ClF3NO3.C2H6/c1-14(15-4-7-19(29-2)20(12-15)30-3)27-10-8-21(28,9-11-27)16-5-6-18(23)17(13-16)22(24,25)26;1-2/h4-7,12-14,28H,8-11H2,1-3H3;1-2H3. The molecule has 1 unspecified atom stereocenters. The summed E-state index contributed by atoms with van der Waals surface area (Å²) < 4.78 is 50.2. The van der Waals surface area contributed by atoms with E-state index in [1.807, 2.05) is 32.0 Å². The van der Waals surface area contributed by atoms with Gasteiger partial charge in [-0.15, -0.1) is 0 Å². The Balaban J connectivity index is 0.00000176. The summed E-state index contributed by atoms with van der Waals surface area (Å²) in [6.07, 6.45) is -3.92. The molecule has 8 heteroatoms. The Morgan fingerprint density at radius 3 is 2.12 bits per heavy atom. The first-order chi connectivity index (χ1) is 15.1. The van der Waals surface area contributed by atoms with Crippen molar-refractivity contribution in [2.75, 3.05) is 27.3 Å². The minimum absolute atomic E-state index is 0.0466. The molecule has 0 aromatic heterocycles. The van der Waals surface area contributed by atoms with Gasteiger partial charge in [0.05, 0.1) is 30.4 Å². The molecule has 1 atom stereocenters. The van der Waals surface area contributed by atoms with E-state index < -0.39 is 17.3 Å². The van der Waals surface area contributed by atoms with E-state index in [1.165, 1.54) is 12.1 Å². The smallest absolute Gasteiger partial charge is 0.417 e. The summed E-state index contributed by atoms with van der Waals surface area (Å²) in [6, 6.07) is 9.42. The maximum Gasteiger partial charge on any atom is 0.417 e. The van der Waals surface area contributed by atoms with Gasteiger partial charge in [0.2, 0.25) is 0 Å². The number of likely N-dealkylation sites (tertiary alicyclic amines) is 1. The molecule has 0 amide bonds. The maximum atomic E-state index is 13.2. The molecule has 0 aliphatic carbocycles. The summed E-state index contributed by atoms with van der Waals surface area (Å²) in [5.74, 6) is 1.28. The van der Waals surface area contributed by atoms with Crippen molar-refractivity contribution in [3.8, 4) is 11.5 Å². The second-order valence-electron chi connectivity index (χ2n) is 7.55. The van der Waals surface area contributed by atoms with Crippen molar-refractivity contribution in [1.29, 1.82) is 0 Å². The molecule has 1 aliphatic rings. The molecule has 3 rings (SSSR count). The Morgan fingerprint density at radius 1 is 1.00 bits per heavy atom. The van der Waals surface area contributed by atoms with Crippen LogP contribution >= 0.6 is 11.6 Å². The number of halogens is 4. The molecule has 0 saturated carbocycles. The van der Waals surface area contributed by atoms with Crippen LogP contribution in [0.2, 0.25) is 5.02 Å². The zero-order valence-electron chi connectivity index (χ0n) is 19.1. The lowest BCUT2D eigenvalue weighted by Crippen LogP contribution is -2.43. The number of alkyl halides is 3. The molecule has 32 heavy (non-hydrogen) atoms. The third kappa shape index (κ3) is 5.69. The van der Waals surface area contributed by atoms with Gasteiger partial charge in [0, 0.05) is 19.1 Å². The number of ether oxygens (including phenoxy) is 2. The molecule has 2 aromatic carbocycles. The van der Waals surface area contributed by atoms with Crippen LogP contribution < -0.4 is 9.47 Å². The molecular formula is C24H31ClF3NO3. The van der Waals surface area contributed by atoms with Gasteiger partial charge in [-0.1, -0.05) is 37.6 Å². The topological polar surface area (TPSA) is 41.9 Å². The predicted octanol–water partition coefficient (Wildman–Crippen LogP) is 6.45. The fraction of sp³-hybridized carbons (Fsp3) is 0.500. The Labute approximate surface area is 192 Å². The number of piperidine rings is 1. The van der Waals surface area contributed by atoms with Crippen molar-refractivity contribution in [3.05, 3.63) is 58.1 Å². The van der Waals surface area contributed by atoms with Crippen LogP contribution in [-0.4, -0.2) is 37.3 Å². The van der Waals surface area contributed by atoms with Crippen molar-refractivity contribution in [2.24, 2.45) is 0 Å². The van der Waals surface area contributed by atoms with Crippen LogP contribution in [0, 0.1) is 0 Å². The van der Waals surface area contributed by atoms with Crippen molar-refractivity contribution < 1.29 is 27.8 Å². The number of aliphatic hydroxyl groups is 1. The third-order valence-electron chi connectivity index (χ3n) is 5.87. The van der Waals surface area contributed by atoms with E-state index in [1.54, 1.807) is 14.2 Å². The van der Waals surface area contributed by atoms with E-state index in [0.29, 0.717) is 37.4 Å². The summed E-state index contributed by atoms with van der Waals surface area (Å²) in [5, 5.41) is 10.7. The van der Waals surface area contributed by atoms with Gasteiger partial charge in [0.15, 0.2) is 11.5 Å². The molecule has 2 aromatic rings. The summed E-state index contributed by atoms with van der Waals surface area (Å²) in [4.78, 5) is 2.19. The molecule has 178 valence electrons. The number of nitrogens with zero attached hydrogens (tertiary/aromatic N) is 1. The monoisotopic (exact) mass is 473 g/mol. The first-order valence-electron chi connectivity index (χ1n) is 10.6. The van der Waals surface area contributed by atoms with E-state index in [0.717, 1.165) is 11.6 Å². The normalized spacial score (nSPS) is 17.2. The van der Waals surface area contributed by atoms with Crippen LogP contribution in [0.3, 0.4) is 0 Å². The van der Waals surface area contributed by atoms with E-state index >= 15 is 0 Å². The lowest BCUT2D eigenvalue weighted by atomic mass is 9.83. The largest absolute Gasteiger partial charge is 0.493 e. The van der Waals surface area contributed by atoms with Crippen molar-refractivity contribution in [1.82, 2.24) is 4.90 Å². The highest BCUT2D eigenvalue weighted by Crippen LogP contribution is 2.41. The van der Waals surface area contributed by atoms with Crippen LogP contribution in [0.5, 0.6) is 11.5 Å². The maximum absolute atomic E-state index is 13.2. The average Bonchev–Trinajstić information content (AvgIpc) is 2.79. The third-order valence-corrected chi connectivity index (χ3v) is 6.20. The summed E-state index contributed by atoms with van der Waals surface area (Å²) in [5.41, 5.74) is -0.962. The SMILES string of the molecule is CC.COc1ccc(C(C)N2CCC(O)(c3ccc(Cl)c(C(F)(F)F)c3)CC2)cc1OC. The molecule has 0 spiro atoms. The summed E-state index contributed by atoms with van der Waals surface area (Å²) >= 11 is 5.72. The van der Waals surface area contributed by atoms with E-state index in [9.17, 15) is 18.3 Å². The van der Waals surface area contributed by atoms with Crippen LogP contribution in [0.15, 0.2) is 36.4 Å². The lowest BCUT2D eigenvalue weighted by Gasteiger charge is -2.41. The van der Waals surface area contributed by atoms with Crippen molar-refractivity contribution in [2.45, 2.75) is 51.4 Å². The molecule has 4 nitrogen and oxygen atoms in total. The highest BCUT2D eigenvalue weighted by Gasteiger charge is 2.39. The van der Waals surface area contributed by atoms with Crippen molar-refractivity contribution >= 4 is 11.6 Å². The predicted molar refractivity (Wildman–Crippen MR) is 120 cm³/mol. The molecule has 1 aliphatic heterocycles. The molecule has 1 saturated heterocycles. The van der Waals surface area contributed by atoms with Gasteiger partial charge in [-0.3, -0.25) is 4.90 Å². The first kappa shape index (κ1) is 26.3. The summed E-state index contributed by atoms with van der Waals surface area (Å²) in [6.45, 7) is 7.13. The number of benzene rings is 2. The highest BCUT2D eigenvalue weighted by molar-refractivity contribution is 6.31. The van der Waals surface area contributed by atoms with Gasteiger partial charge in [-0.25, -0.2) is 0 Å². The van der Waals surface area contributed by atoms with Gasteiger partial charge < -0.3 is 14.6 Å². The minimum Gasteiger partial charge on any atom is -0.493 e. The molecule has 1 N–H and O–H groups in total. The van der Waals surface area contributed by atoms with Crippen LogP contribution in [0.4, 0.5) is 13.2 Å². The first-order valence-corrected chi connectivity index (χ1v) is 11.0. The Bertz CT molecular complexity index is 897. The lowest BCUT2D eigenvalue weighted by molar-refractivity contribution is -0.137. The number of methoxy groups -OCH3 is 2. The van der Waals surface area contributed by atoms with E-state index in [-0.39, 0.29) is 16.6 Å². The average molecular weight is 474 g/mol. The zero-order valence-corrected chi connectivity index (χ0v) is 19.8. The van der Waals surface area contributed by atoms with Crippen LogP contribution in [0.25, 0.3) is 0 Å². The minimum atomic E-state index is -4.56. The second-order valence-corrected chi connectivity index (χ2v) is 7.96. The molecule has 0 radical (unpaired) electrons. The van der Waals surface area contributed by atoms with Gasteiger partial charge in [-0.05, 0) is 55.2 Å². The number of hydrogen-bond donors (Lipinski definition) is 1. The number of hydrogen-bond acceptors (Lipinski definition) is 4. The quantitative estimate of drug-likeness (QED) is 0.542.